The predicted octanol–water partition coefficient (Wildman–Crippen LogP) is 3.87. The minimum absolute atomic E-state index is 0.216. The van der Waals surface area contributed by atoms with Crippen LogP contribution >= 0.6 is 11.3 Å². The highest BCUT2D eigenvalue weighted by Gasteiger charge is 2.14. The highest BCUT2D eigenvalue weighted by Crippen LogP contribution is 2.28. The molecular formula is C16H17N3O3S. The van der Waals surface area contributed by atoms with E-state index in [0.717, 1.165) is 22.7 Å². The number of rotatable bonds is 7. The fraction of sp³-hybridized carbons (Fsp3) is 0.312. The van der Waals surface area contributed by atoms with E-state index in [1.165, 1.54) is 11.3 Å². The van der Waals surface area contributed by atoms with E-state index in [2.05, 4.69) is 22.0 Å². The quantitative estimate of drug-likeness (QED) is 0.654. The van der Waals surface area contributed by atoms with Gasteiger partial charge in [-0.15, -0.1) is 11.3 Å². The zero-order chi connectivity index (χ0) is 16.1. The van der Waals surface area contributed by atoms with Crippen molar-refractivity contribution < 1.29 is 14.0 Å². The highest BCUT2D eigenvalue weighted by atomic mass is 32.1. The molecule has 6 nitrogen and oxygen atoms in total. The number of aromatic nitrogens is 3. The Morgan fingerprint density at radius 1 is 1.17 bits per heavy atom. The van der Waals surface area contributed by atoms with Gasteiger partial charge in [-0.2, -0.15) is 4.98 Å². The second kappa shape index (κ2) is 7.23. The Morgan fingerprint density at radius 2 is 1.96 bits per heavy atom. The fourth-order valence-corrected chi connectivity index (χ4v) is 2.68. The van der Waals surface area contributed by atoms with Crippen LogP contribution in [0.2, 0.25) is 0 Å². The normalized spacial score (nSPS) is 10.7. The van der Waals surface area contributed by atoms with Gasteiger partial charge in [-0.1, -0.05) is 24.2 Å². The van der Waals surface area contributed by atoms with E-state index in [4.69, 9.17) is 14.0 Å². The summed E-state index contributed by atoms with van der Waals surface area (Å²) in [4.78, 5) is 9.41. The van der Waals surface area contributed by atoms with Crippen molar-refractivity contribution in [1.29, 1.82) is 0 Å². The number of ether oxygens (including phenoxy) is 2. The average Bonchev–Trinajstić information content (AvgIpc) is 3.20. The maximum absolute atomic E-state index is 5.76. The lowest BCUT2D eigenvalue weighted by Crippen LogP contribution is -2.01. The molecule has 1 aromatic carbocycles. The van der Waals surface area contributed by atoms with Crippen LogP contribution in [0.25, 0.3) is 10.8 Å². The van der Waals surface area contributed by atoms with E-state index >= 15 is 0 Å². The first-order valence-electron chi connectivity index (χ1n) is 7.35. The zero-order valence-electron chi connectivity index (χ0n) is 13.0. The lowest BCUT2D eigenvalue weighted by molar-refractivity contribution is 0.253. The summed E-state index contributed by atoms with van der Waals surface area (Å²) in [7, 11) is 0. The standard InChI is InChI=1S/C16H17N3O3S/c1-3-8-20-12-6-4-5-7-13(12)21-9-14-18-16(22-19-14)15-11(2)17-10-23-15/h4-7,10H,3,8-9H2,1-2H3. The second-order valence-corrected chi connectivity index (χ2v) is 5.72. The highest BCUT2D eigenvalue weighted by molar-refractivity contribution is 7.13. The molecule has 0 bridgehead atoms. The molecule has 120 valence electrons. The first kappa shape index (κ1) is 15.5. The minimum atomic E-state index is 0.216. The van der Waals surface area contributed by atoms with Crippen molar-refractivity contribution in [2.75, 3.05) is 6.61 Å². The van der Waals surface area contributed by atoms with E-state index in [-0.39, 0.29) is 6.61 Å². The van der Waals surface area contributed by atoms with Crippen LogP contribution in [0.4, 0.5) is 0 Å². The molecular weight excluding hydrogens is 314 g/mol. The van der Waals surface area contributed by atoms with Crippen molar-refractivity contribution in [1.82, 2.24) is 15.1 Å². The largest absolute Gasteiger partial charge is 0.490 e. The SMILES string of the molecule is CCCOc1ccccc1OCc1noc(-c2scnc2C)n1. The summed E-state index contributed by atoms with van der Waals surface area (Å²) in [5, 5.41) is 3.95. The first-order valence-corrected chi connectivity index (χ1v) is 8.23. The van der Waals surface area contributed by atoms with Gasteiger partial charge in [0.2, 0.25) is 5.82 Å². The van der Waals surface area contributed by atoms with Crippen molar-refractivity contribution in [3.63, 3.8) is 0 Å². The van der Waals surface area contributed by atoms with Crippen LogP contribution in [0.3, 0.4) is 0 Å². The molecule has 0 fully saturated rings. The lowest BCUT2D eigenvalue weighted by Gasteiger charge is -2.10. The first-order chi connectivity index (χ1) is 11.3. The Bertz CT molecular complexity index is 769. The molecule has 2 aromatic heterocycles. The molecule has 0 atom stereocenters. The lowest BCUT2D eigenvalue weighted by atomic mass is 10.3. The molecule has 0 radical (unpaired) electrons. The second-order valence-electron chi connectivity index (χ2n) is 4.87. The van der Waals surface area contributed by atoms with Gasteiger partial charge in [-0.3, -0.25) is 0 Å². The zero-order valence-corrected chi connectivity index (χ0v) is 13.8. The molecule has 3 rings (SSSR count). The average molecular weight is 331 g/mol. The number of thiazole rings is 1. The summed E-state index contributed by atoms with van der Waals surface area (Å²) in [6, 6.07) is 7.56. The molecule has 0 unspecified atom stereocenters. The van der Waals surface area contributed by atoms with Gasteiger partial charge in [0, 0.05) is 0 Å². The van der Waals surface area contributed by atoms with Crippen LogP contribution in [0.15, 0.2) is 34.3 Å². The van der Waals surface area contributed by atoms with Crippen LogP contribution in [0, 0.1) is 6.92 Å². The number of nitrogens with zero attached hydrogens (tertiary/aromatic N) is 3. The Balaban J connectivity index is 1.67. The van der Waals surface area contributed by atoms with Gasteiger partial charge in [-0.25, -0.2) is 4.98 Å². The molecule has 2 heterocycles. The molecule has 0 amide bonds. The molecule has 0 aliphatic carbocycles. The smallest absolute Gasteiger partial charge is 0.270 e. The molecule has 0 saturated heterocycles. The van der Waals surface area contributed by atoms with Gasteiger partial charge in [0.05, 0.1) is 17.8 Å². The summed E-state index contributed by atoms with van der Waals surface area (Å²) < 4.78 is 16.7. The maximum atomic E-state index is 5.76. The van der Waals surface area contributed by atoms with Crippen molar-refractivity contribution in [3.8, 4) is 22.3 Å². The molecule has 0 saturated carbocycles. The molecule has 0 spiro atoms. The van der Waals surface area contributed by atoms with E-state index in [1.807, 2.05) is 31.2 Å². The van der Waals surface area contributed by atoms with Gasteiger partial charge >= 0.3 is 0 Å². The fourth-order valence-electron chi connectivity index (χ4n) is 1.95. The number of benzene rings is 1. The van der Waals surface area contributed by atoms with Crippen molar-refractivity contribution >= 4 is 11.3 Å². The molecule has 3 aromatic rings. The van der Waals surface area contributed by atoms with Gasteiger partial charge in [0.1, 0.15) is 4.88 Å². The number of hydrogen-bond acceptors (Lipinski definition) is 7. The van der Waals surface area contributed by atoms with Crippen LogP contribution in [-0.2, 0) is 6.61 Å². The van der Waals surface area contributed by atoms with Crippen molar-refractivity contribution in [2.24, 2.45) is 0 Å². The van der Waals surface area contributed by atoms with Crippen molar-refractivity contribution in [2.45, 2.75) is 26.9 Å². The van der Waals surface area contributed by atoms with Crippen molar-refractivity contribution in [3.05, 3.63) is 41.3 Å². The van der Waals surface area contributed by atoms with E-state index in [0.29, 0.717) is 24.1 Å². The van der Waals surface area contributed by atoms with Crippen LogP contribution in [0.5, 0.6) is 11.5 Å². The van der Waals surface area contributed by atoms with Crippen LogP contribution < -0.4 is 9.47 Å². The van der Waals surface area contributed by atoms with Gasteiger partial charge in [0.25, 0.3) is 5.89 Å². The number of aryl methyl sites for hydroxylation is 1. The molecule has 23 heavy (non-hydrogen) atoms. The van der Waals surface area contributed by atoms with Crippen LogP contribution in [0.1, 0.15) is 24.9 Å². The number of hydrogen-bond donors (Lipinski definition) is 0. The molecule has 0 N–H and O–H groups in total. The third-order valence-electron chi connectivity index (χ3n) is 3.08. The molecule has 0 aliphatic rings. The topological polar surface area (TPSA) is 70.3 Å². The van der Waals surface area contributed by atoms with E-state index in [9.17, 15) is 0 Å². The molecule has 0 aliphatic heterocycles. The van der Waals surface area contributed by atoms with Gasteiger partial charge in [-0.05, 0) is 25.5 Å². The van der Waals surface area contributed by atoms with Crippen LogP contribution in [-0.4, -0.2) is 21.7 Å². The summed E-state index contributed by atoms with van der Waals surface area (Å²) in [6.07, 6.45) is 0.941. The monoisotopic (exact) mass is 331 g/mol. The summed E-state index contributed by atoms with van der Waals surface area (Å²) in [5.41, 5.74) is 2.64. The Morgan fingerprint density at radius 3 is 2.65 bits per heavy atom. The Hall–Kier alpha value is -2.41. The van der Waals surface area contributed by atoms with Gasteiger partial charge < -0.3 is 14.0 Å². The maximum Gasteiger partial charge on any atom is 0.270 e. The number of para-hydroxylation sites is 2. The summed E-state index contributed by atoms with van der Waals surface area (Å²) in [6.45, 7) is 4.84. The Labute approximate surface area is 138 Å². The summed E-state index contributed by atoms with van der Waals surface area (Å²) >= 11 is 1.47. The third kappa shape index (κ3) is 3.68. The van der Waals surface area contributed by atoms with E-state index in [1.54, 1.807) is 5.51 Å². The molecule has 7 heteroatoms. The minimum Gasteiger partial charge on any atom is -0.490 e. The van der Waals surface area contributed by atoms with Gasteiger partial charge in [0.15, 0.2) is 18.1 Å². The third-order valence-corrected chi connectivity index (χ3v) is 3.99. The predicted molar refractivity (Wildman–Crippen MR) is 86.7 cm³/mol. The van der Waals surface area contributed by atoms with E-state index < -0.39 is 0 Å². The summed E-state index contributed by atoms with van der Waals surface area (Å²) in [5.74, 6) is 2.34. The Kier molecular flexibility index (Phi) is 4.87.